The molecule has 2 aromatic rings. The molecule has 0 saturated carbocycles. The van der Waals surface area contributed by atoms with Crippen molar-refractivity contribution in [2.45, 2.75) is 6.54 Å². The summed E-state index contributed by atoms with van der Waals surface area (Å²) in [4.78, 5) is 21.8. The summed E-state index contributed by atoms with van der Waals surface area (Å²) < 4.78 is 5.06. The lowest BCUT2D eigenvalue weighted by molar-refractivity contribution is -0.384. The van der Waals surface area contributed by atoms with Gasteiger partial charge in [-0.1, -0.05) is 11.6 Å². The maximum absolute atomic E-state index is 11.8. The first-order valence-corrected chi connectivity index (χ1v) is 5.70. The van der Waals surface area contributed by atoms with Crippen LogP contribution < -0.4 is 5.32 Å². The molecule has 1 aromatic heterocycles. The smallest absolute Gasteiger partial charge is 0.287 e. The average Bonchev–Trinajstić information content (AvgIpc) is 2.88. The minimum atomic E-state index is -0.604. The molecule has 0 fully saturated rings. The van der Waals surface area contributed by atoms with Gasteiger partial charge >= 0.3 is 0 Å². The van der Waals surface area contributed by atoms with Gasteiger partial charge in [0.05, 0.1) is 17.7 Å². The monoisotopic (exact) mass is 280 g/mol. The van der Waals surface area contributed by atoms with Crippen molar-refractivity contribution >= 4 is 23.2 Å². The third-order valence-electron chi connectivity index (χ3n) is 2.41. The van der Waals surface area contributed by atoms with Crippen LogP contribution in [0, 0.1) is 10.1 Å². The van der Waals surface area contributed by atoms with Crippen molar-refractivity contribution in [3.05, 3.63) is 63.1 Å². The number of halogens is 1. The van der Waals surface area contributed by atoms with Crippen molar-refractivity contribution in [1.29, 1.82) is 0 Å². The van der Waals surface area contributed by atoms with Gasteiger partial charge in [-0.2, -0.15) is 0 Å². The van der Waals surface area contributed by atoms with Crippen LogP contribution in [0.2, 0.25) is 5.02 Å². The van der Waals surface area contributed by atoms with Crippen LogP contribution in [-0.2, 0) is 6.54 Å². The van der Waals surface area contributed by atoms with E-state index in [0.29, 0.717) is 5.76 Å². The second kappa shape index (κ2) is 5.53. The first kappa shape index (κ1) is 13.1. The van der Waals surface area contributed by atoms with Crippen molar-refractivity contribution in [3.8, 4) is 0 Å². The lowest BCUT2D eigenvalue weighted by Gasteiger charge is -2.04. The molecule has 1 aromatic carbocycles. The molecule has 98 valence electrons. The fraction of sp³-hybridized carbons (Fsp3) is 0.0833. The normalized spacial score (nSPS) is 10.2. The van der Waals surface area contributed by atoms with Gasteiger partial charge in [-0.25, -0.2) is 0 Å². The molecule has 7 heteroatoms. The van der Waals surface area contributed by atoms with Crippen LogP contribution in [-0.4, -0.2) is 10.8 Å². The number of hydrogen-bond acceptors (Lipinski definition) is 4. The Kier molecular flexibility index (Phi) is 3.82. The van der Waals surface area contributed by atoms with Gasteiger partial charge in [-0.3, -0.25) is 14.9 Å². The van der Waals surface area contributed by atoms with E-state index in [2.05, 4.69) is 5.32 Å². The maximum atomic E-state index is 11.8. The molecule has 0 aliphatic heterocycles. The van der Waals surface area contributed by atoms with Crippen LogP contribution in [0.15, 0.2) is 41.0 Å². The van der Waals surface area contributed by atoms with Crippen LogP contribution in [0.5, 0.6) is 0 Å². The Morgan fingerprint density at radius 2 is 2.21 bits per heavy atom. The van der Waals surface area contributed by atoms with Crippen molar-refractivity contribution in [3.63, 3.8) is 0 Å². The van der Waals surface area contributed by atoms with Gasteiger partial charge in [0.1, 0.15) is 10.8 Å². The standard InChI is InChI=1S/C12H9ClN2O4/c13-10-6-8(3-4-11(10)15(17)18)12(16)14-7-9-2-1-5-19-9/h1-6H,7H2,(H,14,16). The van der Waals surface area contributed by atoms with Crippen LogP contribution >= 0.6 is 11.6 Å². The highest BCUT2D eigenvalue weighted by atomic mass is 35.5. The highest BCUT2D eigenvalue weighted by Gasteiger charge is 2.15. The topological polar surface area (TPSA) is 85.4 Å². The average molecular weight is 281 g/mol. The minimum absolute atomic E-state index is 0.0735. The van der Waals surface area contributed by atoms with E-state index in [9.17, 15) is 14.9 Å². The Morgan fingerprint density at radius 1 is 1.42 bits per heavy atom. The van der Waals surface area contributed by atoms with E-state index < -0.39 is 4.92 Å². The third-order valence-corrected chi connectivity index (χ3v) is 2.71. The largest absolute Gasteiger partial charge is 0.467 e. The first-order valence-electron chi connectivity index (χ1n) is 5.32. The molecule has 0 bridgehead atoms. The molecule has 6 nitrogen and oxygen atoms in total. The molecule has 1 amide bonds. The van der Waals surface area contributed by atoms with Gasteiger partial charge in [-0.05, 0) is 24.3 Å². The van der Waals surface area contributed by atoms with Gasteiger partial charge in [-0.15, -0.1) is 0 Å². The maximum Gasteiger partial charge on any atom is 0.287 e. The van der Waals surface area contributed by atoms with Gasteiger partial charge in [0.25, 0.3) is 11.6 Å². The van der Waals surface area contributed by atoms with Crippen molar-refractivity contribution < 1.29 is 14.1 Å². The zero-order valence-electron chi connectivity index (χ0n) is 9.63. The third kappa shape index (κ3) is 3.11. The van der Waals surface area contributed by atoms with E-state index in [1.165, 1.54) is 24.5 Å². The second-order valence-electron chi connectivity index (χ2n) is 3.69. The van der Waals surface area contributed by atoms with Crippen LogP contribution in [0.4, 0.5) is 5.69 Å². The number of benzene rings is 1. The summed E-state index contributed by atoms with van der Waals surface area (Å²) in [7, 11) is 0. The molecular weight excluding hydrogens is 272 g/mol. The zero-order chi connectivity index (χ0) is 13.8. The summed E-state index contributed by atoms with van der Waals surface area (Å²) in [5, 5.41) is 13.1. The summed E-state index contributed by atoms with van der Waals surface area (Å²) >= 11 is 5.73. The number of amides is 1. The molecule has 19 heavy (non-hydrogen) atoms. The molecule has 0 spiro atoms. The molecule has 1 N–H and O–H groups in total. The summed E-state index contributed by atoms with van der Waals surface area (Å²) in [5.74, 6) is 0.231. The quantitative estimate of drug-likeness (QED) is 0.689. The Labute approximate surface area is 113 Å². The SMILES string of the molecule is O=C(NCc1ccco1)c1ccc([N+](=O)[O-])c(Cl)c1. The molecule has 0 aliphatic rings. The molecule has 0 aliphatic carbocycles. The van der Waals surface area contributed by atoms with Crippen molar-refractivity contribution in [2.75, 3.05) is 0 Å². The van der Waals surface area contributed by atoms with Crippen molar-refractivity contribution in [2.24, 2.45) is 0 Å². The highest BCUT2D eigenvalue weighted by molar-refractivity contribution is 6.33. The lowest BCUT2D eigenvalue weighted by atomic mass is 10.2. The van der Waals surface area contributed by atoms with Gasteiger partial charge in [0, 0.05) is 11.6 Å². The van der Waals surface area contributed by atoms with Crippen molar-refractivity contribution in [1.82, 2.24) is 5.32 Å². The van der Waals surface area contributed by atoms with Crippen LogP contribution in [0.3, 0.4) is 0 Å². The number of nitro groups is 1. The predicted molar refractivity (Wildman–Crippen MR) is 68.0 cm³/mol. The fourth-order valence-corrected chi connectivity index (χ4v) is 1.73. The molecule has 1 heterocycles. The summed E-state index contributed by atoms with van der Waals surface area (Å²) in [6.45, 7) is 0.237. The molecule has 0 saturated heterocycles. The van der Waals surface area contributed by atoms with Gasteiger partial charge < -0.3 is 9.73 Å². The minimum Gasteiger partial charge on any atom is -0.467 e. The Bertz CT molecular complexity index is 610. The summed E-state index contributed by atoms with van der Waals surface area (Å²) in [6, 6.07) is 7.25. The Hall–Kier alpha value is -2.34. The van der Waals surface area contributed by atoms with Crippen LogP contribution in [0.25, 0.3) is 0 Å². The Balaban J connectivity index is 2.07. The number of rotatable bonds is 4. The van der Waals surface area contributed by atoms with E-state index in [0.717, 1.165) is 0 Å². The van der Waals surface area contributed by atoms with Crippen LogP contribution in [0.1, 0.15) is 16.1 Å². The first-order chi connectivity index (χ1) is 9.08. The van der Waals surface area contributed by atoms with Gasteiger partial charge in [0.2, 0.25) is 0 Å². The number of carbonyl (C=O) groups is 1. The van der Waals surface area contributed by atoms with E-state index in [4.69, 9.17) is 16.0 Å². The van der Waals surface area contributed by atoms with Gasteiger partial charge in [0.15, 0.2) is 0 Å². The number of furan rings is 1. The van der Waals surface area contributed by atoms with E-state index in [1.54, 1.807) is 12.1 Å². The molecule has 0 unspecified atom stereocenters. The number of nitro benzene ring substituents is 1. The molecule has 0 radical (unpaired) electrons. The fourth-order valence-electron chi connectivity index (χ4n) is 1.48. The molecular formula is C12H9ClN2O4. The number of nitrogens with zero attached hydrogens (tertiary/aromatic N) is 1. The summed E-state index contributed by atoms with van der Waals surface area (Å²) in [5.41, 5.74) is 0.0198. The van der Waals surface area contributed by atoms with E-state index >= 15 is 0 Å². The Morgan fingerprint density at radius 3 is 2.79 bits per heavy atom. The second-order valence-corrected chi connectivity index (χ2v) is 4.09. The number of nitrogens with one attached hydrogen (secondary N) is 1. The van der Waals surface area contributed by atoms with E-state index in [-0.39, 0.29) is 28.7 Å². The zero-order valence-corrected chi connectivity index (χ0v) is 10.4. The molecule has 0 atom stereocenters. The molecule has 2 rings (SSSR count). The highest BCUT2D eigenvalue weighted by Crippen LogP contribution is 2.24. The number of hydrogen-bond donors (Lipinski definition) is 1. The lowest BCUT2D eigenvalue weighted by Crippen LogP contribution is -2.22. The summed E-state index contributed by atoms with van der Waals surface area (Å²) in [6.07, 6.45) is 1.50. The van der Waals surface area contributed by atoms with E-state index in [1.807, 2.05) is 0 Å². The number of carbonyl (C=O) groups excluding carboxylic acids is 1. The predicted octanol–water partition coefficient (Wildman–Crippen LogP) is 2.77.